The molecule has 0 bridgehead atoms. The Morgan fingerprint density at radius 2 is 2.33 bits per heavy atom. The maximum absolute atomic E-state index is 5.53. The molecule has 3 N–H and O–H groups in total. The maximum Gasteiger partial charge on any atom is 0.177 e. The van der Waals surface area contributed by atoms with Crippen LogP contribution in [0.15, 0.2) is 12.3 Å². The number of nitrogens with two attached hydrogens (primary N) is 1. The van der Waals surface area contributed by atoms with Crippen LogP contribution in [0.3, 0.4) is 0 Å². The van der Waals surface area contributed by atoms with Crippen molar-refractivity contribution in [2.45, 2.75) is 26.2 Å². The standard InChI is InChI=1S/C11H16N4/c1-7-5-9-11(13-6-7)15-10(14-9)8(2)3-4-12/h5-6,8H,3-4,12H2,1-2H3,(H,13,14,15). The normalized spacial score (nSPS) is 13.3. The van der Waals surface area contributed by atoms with Crippen LogP contribution >= 0.6 is 0 Å². The number of hydrogen-bond acceptors (Lipinski definition) is 3. The van der Waals surface area contributed by atoms with Crippen LogP contribution in [0.1, 0.15) is 30.7 Å². The minimum Gasteiger partial charge on any atom is -0.340 e. The molecule has 4 nitrogen and oxygen atoms in total. The molecule has 0 saturated carbocycles. The average Bonchev–Trinajstić information content (AvgIpc) is 2.60. The van der Waals surface area contributed by atoms with Crippen LogP contribution in [0.25, 0.3) is 11.2 Å². The molecule has 2 aromatic rings. The zero-order valence-corrected chi connectivity index (χ0v) is 9.12. The molecule has 0 aromatic carbocycles. The van der Waals surface area contributed by atoms with Gasteiger partial charge in [-0.25, -0.2) is 9.97 Å². The van der Waals surface area contributed by atoms with Gasteiger partial charge in [0.05, 0.1) is 5.52 Å². The predicted octanol–water partition coefficient (Wildman–Crippen LogP) is 1.72. The first-order chi connectivity index (χ1) is 7.20. The molecule has 1 atom stereocenters. The van der Waals surface area contributed by atoms with Gasteiger partial charge in [0, 0.05) is 12.1 Å². The lowest BCUT2D eigenvalue weighted by molar-refractivity contribution is 0.657. The van der Waals surface area contributed by atoms with E-state index in [1.54, 1.807) is 0 Å². The number of pyridine rings is 1. The number of rotatable bonds is 3. The Hall–Kier alpha value is -1.42. The van der Waals surface area contributed by atoms with Crippen molar-refractivity contribution < 1.29 is 0 Å². The Balaban J connectivity index is 2.38. The van der Waals surface area contributed by atoms with Crippen molar-refractivity contribution in [2.24, 2.45) is 5.73 Å². The van der Waals surface area contributed by atoms with E-state index in [1.807, 2.05) is 13.1 Å². The predicted molar refractivity (Wildman–Crippen MR) is 60.7 cm³/mol. The third kappa shape index (κ3) is 1.99. The summed E-state index contributed by atoms with van der Waals surface area (Å²) in [5.74, 6) is 1.35. The second-order valence-corrected chi connectivity index (χ2v) is 3.98. The van der Waals surface area contributed by atoms with Crippen LogP contribution < -0.4 is 5.73 Å². The lowest BCUT2D eigenvalue weighted by atomic mass is 10.1. The van der Waals surface area contributed by atoms with Crippen molar-refractivity contribution in [3.63, 3.8) is 0 Å². The highest BCUT2D eigenvalue weighted by Crippen LogP contribution is 2.18. The third-order valence-electron chi connectivity index (χ3n) is 2.56. The van der Waals surface area contributed by atoms with E-state index >= 15 is 0 Å². The molecule has 0 aliphatic rings. The monoisotopic (exact) mass is 204 g/mol. The van der Waals surface area contributed by atoms with E-state index in [2.05, 4.69) is 27.9 Å². The van der Waals surface area contributed by atoms with Gasteiger partial charge in [-0.15, -0.1) is 0 Å². The summed E-state index contributed by atoms with van der Waals surface area (Å²) in [6.07, 6.45) is 2.78. The summed E-state index contributed by atoms with van der Waals surface area (Å²) in [6, 6.07) is 2.06. The first-order valence-electron chi connectivity index (χ1n) is 5.23. The van der Waals surface area contributed by atoms with Gasteiger partial charge in [0.2, 0.25) is 0 Å². The minimum atomic E-state index is 0.365. The highest BCUT2D eigenvalue weighted by atomic mass is 15.0. The summed E-state index contributed by atoms with van der Waals surface area (Å²) in [4.78, 5) is 12.0. The van der Waals surface area contributed by atoms with Crippen LogP contribution in [0.2, 0.25) is 0 Å². The number of nitrogens with zero attached hydrogens (tertiary/aromatic N) is 2. The van der Waals surface area contributed by atoms with Crippen LogP contribution in [-0.4, -0.2) is 21.5 Å². The Morgan fingerprint density at radius 1 is 1.53 bits per heavy atom. The molecule has 0 radical (unpaired) electrons. The van der Waals surface area contributed by atoms with E-state index in [4.69, 9.17) is 5.73 Å². The van der Waals surface area contributed by atoms with E-state index in [0.717, 1.165) is 29.0 Å². The lowest BCUT2D eigenvalue weighted by Crippen LogP contribution is -2.05. The first-order valence-corrected chi connectivity index (χ1v) is 5.23. The van der Waals surface area contributed by atoms with E-state index in [-0.39, 0.29) is 0 Å². The molecule has 2 rings (SSSR count). The summed E-state index contributed by atoms with van der Waals surface area (Å²) in [6.45, 7) is 4.83. The SMILES string of the molecule is Cc1cnc2nc(C(C)CCN)[nH]c2c1. The van der Waals surface area contributed by atoms with Gasteiger partial charge in [0.25, 0.3) is 0 Å². The van der Waals surface area contributed by atoms with Gasteiger partial charge in [0.1, 0.15) is 5.82 Å². The van der Waals surface area contributed by atoms with Crippen molar-refractivity contribution in [3.8, 4) is 0 Å². The second kappa shape index (κ2) is 3.98. The number of imidazole rings is 1. The summed E-state index contributed by atoms with van der Waals surface area (Å²) in [7, 11) is 0. The Morgan fingerprint density at radius 3 is 3.07 bits per heavy atom. The first kappa shape index (κ1) is 10.1. The number of fused-ring (bicyclic) bond motifs is 1. The average molecular weight is 204 g/mol. The number of aryl methyl sites for hydroxylation is 1. The third-order valence-corrected chi connectivity index (χ3v) is 2.56. The van der Waals surface area contributed by atoms with Crippen molar-refractivity contribution in [1.29, 1.82) is 0 Å². The summed E-state index contributed by atoms with van der Waals surface area (Å²) in [5, 5.41) is 0. The van der Waals surface area contributed by atoms with Crippen molar-refractivity contribution in [1.82, 2.24) is 15.0 Å². The minimum absolute atomic E-state index is 0.365. The lowest BCUT2D eigenvalue weighted by Gasteiger charge is -2.04. The van der Waals surface area contributed by atoms with E-state index < -0.39 is 0 Å². The number of H-pyrrole nitrogens is 1. The number of hydrogen-bond donors (Lipinski definition) is 2. The second-order valence-electron chi connectivity index (χ2n) is 3.98. The Bertz CT molecular complexity index is 461. The Kier molecular flexibility index (Phi) is 2.68. The van der Waals surface area contributed by atoms with Gasteiger partial charge >= 0.3 is 0 Å². The fourth-order valence-corrected chi connectivity index (χ4v) is 1.64. The van der Waals surface area contributed by atoms with E-state index in [1.165, 1.54) is 0 Å². The largest absolute Gasteiger partial charge is 0.340 e. The smallest absolute Gasteiger partial charge is 0.177 e. The van der Waals surface area contributed by atoms with Gasteiger partial charge in [-0.2, -0.15) is 0 Å². The van der Waals surface area contributed by atoms with Gasteiger partial charge in [0.15, 0.2) is 5.65 Å². The number of nitrogens with one attached hydrogen (secondary N) is 1. The fraction of sp³-hybridized carbons (Fsp3) is 0.455. The maximum atomic E-state index is 5.53. The molecular formula is C11H16N4. The fourth-order valence-electron chi connectivity index (χ4n) is 1.64. The quantitative estimate of drug-likeness (QED) is 0.799. The van der Waals surface area contributed by atoms with Crippen molar-refractivity contribution >= 4 is 11.2 Å². The molecule has 2 heterocycles. The molecule has 0 fully saturated rings. The van der Waals surface area contributed by atoms with Gasteiger partial charge < -0.3 is 10.7 Å². The molecule has 0 spiro atoms. The van der Waals surface area contributed by atoms with Crippen LogP contribution in [-0.2, 0) is 0 Å². The Labute approximate surface area is 88.9 Å². The molecule has 2 aromatic heterocycles. The summed E-state index contributed by atoms with van der Waals surface area (Å²) >= 11 is 0. The summed E-state index contributed by atoms with van der Waals surface area (Å²) in [5.41, 5.74) is 8.47. The van der Waals surface area contributed by atoms with Crippen molar-refractivity contribution in [3.05, 3.63) is 23.7 Å². The highest BCUT2D eigenvalue weighted by molar-refractivity contribution is 5.71. The molecule has 4 heteroatoms. The molecular weight excluding hydrogens is 188 g/mol. The molecule has 0 amide bonds. The molecule has 1 unspecified atom stereocenters. The highest BCUT2D eigenvalue weighted by Gasteiger charge is 2.10. The van der Waals surface area contributed by atoms with Gasteiger partial charge in [-0.05, 0) is 31.5 Å². The van der Waals surface area contributed by atoms with Crippen molar-refractivity contribution in [2.75, 3.05) is 6.54 Å². The zero-order chi connectivity index (χ0) is 10.8. The topological polar surface area (TPSA) is 67.6 Å². The van der Waals surface area contributed by atoms with Crippen LogP contribution in [0, 0.1) is 6.92 Å². The molecule has 0 saturated heterocycles. The van der Waals surface area contributed by atoms with Crippen LogP contribution in [0.4, 0.5) is 0 Å². The molecule has 0 aliphatic carbocycles. The zero-order valence-electron chi connectivity index (χ0n) is 9.12. The molecule has 15 heavy (non-hydrogen) atoms. The van der Waals surface area contributed by atoms with E-state index in [0.29, 0.717) is 12.5 Å². The number of aromatic nitrogens is 3. The van der Waals surface area contributed by atoms with Gasteiger partial charge in [-0.3, -0.25) is 0 Å². The molecule has 0 aliphatic heterocycles. The summed E-state index contributed by atoms with van der Waals surface area (Å²) < 4.78 is 0. The number of aromatic amines is 1. The molecule has 80 valence electrons. The van der Waals surface area contributed by atoms with Crippen LogP contribution in [0.5, 0.6) is 0 Å². The van der Waals surface area contributed by atoms with Gasteiger partial charge in [-0.1, -0.05) is 6.92 Å². The van der Waals surface area contributed by atoms with E-state index in [9.17, 15) is 0 Å².